The van der Waals surface area contributed by atoms with Crippen molar-refractivity contribution in [3.05, 3.63) is 28.2 Å². The lowest BCUT2D eigenvalue weighted by atomic mass is 10.1. The van der Waals surface area contributed by atoms with Crippen LogP contribution in [-0.2, 0) is 4.74 Å². The highest BCUT2D eigenvalue weighted by Gasteiger charge is 2.13. The van der Waals surface area contributed by atoms with Gasteiger partial charge in [-0.3, -0.25) is 4.79 Å². The van der Waals surface area contributed by atoms with Crippen LogP contribution in [-0.4, -0.2) is 45.4 Å². The summed E-state index contributed by atoms with van der Waals surface area (Å²) in [7, 11) is 1.60. The van der Waals surface area contributed by atoms with Crippen LogP contribution in [0.15, 0.2) is 22.7 Å². The first kappa shape index (κ1) is 16.3. The first-order valence-corrected chi connectivity index (χ1v) is 7.94. The van der Waals surface area contributed by atoms with Crippen LogP contribution in [0.3, 0.4) is 0 Å². The Morgan fingerprint density at radius 3 is 2.86 bits per heavy atom. The number of nitrogens with one attached hydrogen (secondary N) is 2. The maximum Gasteiger partial charge on any atom is 0.251 e. The fourth-order valence-electron chi connectivity index (χ4n) is 2.26. The van der Waals surface area contributed by atoms with Crippen LogP contribution in [0.5, 0.6) is 5.75 Å². The van der Waals surface area contributed by atoms with E-state index in [0.717, 1.165) is 30.4 Å². The molecule has 1 saturated heterocycles. The Morgan fingerprint density at radius 1 is 1.43 bits per heavy atom. The van der Waals surface area contributed by atoms with Crippen LogP contribution in [0.4, 0.5) is 0 Å². The molecule has 5 nitrogen and oxygen atoms in total. The number of hydrogen-bond donors (Lipinski definition) is 2. The largest absolute Gasteiger partial charge is 0.496 e. The number of ether oxygens (including phenoxy) is 2. The van der Waals surface area contributed by atoms with Gasteiger partial charge in [0.25, 0.3) is 5.91 Å². The molecule has 0 saturated carbocycles. The summed E-state index contributed by atoms with van der Waals surface area (Å²) in [6.07, 6.45) is 2.40. The van der Waals surface area contributed by atoms with Gasteiger partial charge in [0.2, 0.25) is 0 Å². The van der Waals surface area contributed by atoms with E-state index in [1.807, 2.05) is 0 Å². The van der Waals surface area contributed by atoms with Gasteiger partial charge in [0.15, 0.2) is 0 Å². The molecule has 6 heteroatoms. The van der Waals surface area contributed by atoms with Crippen LogP contribution < -0.4 is 15.4 Å². The lowest BCUT2D eigenvalue weighted by Crippen LogP contribution is -2.34. The fourth-order valence-corrected chi connectivity index (χ4v) is 2.80. The monoisotopic (exact) mass is 356 g/mol. The Balaban J connectivity index is 1.72. The second kappa shape index (κ2) is 8.36. The highest BCUT2D eigenvalue weighted by atomic mass is 79.9. The highest BCUT2D eigenvalue weighted by molar-refractivity contribution is 9.10. The Kier molecular flexibility index (Phi) is 6.48. The second-order valence-electron chi connectivity index (χ2n) is 4.93. The zero-order valence-corrected chi connectivity index (χ0v) is 13.7. The quantitative estimate of drug-likeness (QED) is 0.765. The van der Waals surface area contributed by atoms with Crippen molar-refractivity contribution in [2.75, 3.05) is 33.4 Å². The van der Waals surface area contributed by atoms with Gasteiger partial charge in [-0.2, -0.15) is 0 Å². The van der Waals surface area contributed by atoms with E-state index in [0.29, 0.717) is 30.6 Å². The van der Waals surface area contributed by atoms with Crippen molar-refractivity contribution in [2.24, 2.45) is 0 Å². The van der Waals surface area contributed by atoms with Gasteiger partial charge in [-0.1, -0.05) is 0 Å². The first-order chi connectivity index (χ1) is 10.2. The van der Waals surface area contributed by atoms with Crippen LogP contribution in [0, 0.1) is 0 Å². The van der Waals surface area contributed by atoms with Crippen molar-refractivity contribution in [2.45, 2.75) is 18.9 Å². The number of hydrogen-bond acceptors (Lipinski definition) is 4. The van der Waals surface area contributed by atoms with Crippen molar-refractivity contribution in [1.29, 1.82) is 0 Å². The molecule has 1 aliphatic rings. The number of piperidine rings is 1. The summed E-state index contributed by atoms with van der Waals surface area (Å²) in [5.41, 5.74) is 0.601. The summed E-state index contributed by atoms with van der Waals surface area (Å²) in [6.45, 7) is 3.09. The van der Waals surface area contributed by atoms with E-state index in [-0.39, 0.29) is 5.91 Å². The highest BCUT2D eigenvalue weighted by Crippen LogP contribution is 2.25. The zero-order valence-electron chi connectivity index (χ0n) is 12.2. The van der Waals surface area contributed by atoms with Gasteiger partial charge in [0.1, 0.15) is 5.75 Å². The summed E-state index contributed by atoms with van der Waals surface area (Å²) in [6, 6.07) is 5.26. The smallest absolute Gasteiger partial charge is 0.251 e. The van der Waals surface area contributed by atoms with Gasteiger partial charge in [-0.25, -0.2) is 0 Å². The van der Waals surface area contributed by atoms with Crippen molar-refractivity contribution >= 4 is 21.8 Å². The molecule has 1 aromatic rings. The van der Waals surface area contributed by atoms with Crippen molar-refractivity contribution < 1.29 is 14.3 Å². The molecule has 0 radical (unpaired) electrons. The molecule has 2 rings (SSSR count). The molecule has 2 N–H and O–H groups in total. The number of rotatable bonds is 6. The standard InChI is InChI=1S/C15H21BrN2O3/c1-20-14-3-2-11(10-13(14)16)15(19)18-8-9-21-12-4-6-17-7-5-12/h2-3,10,12,17H,4-9H2,1H3,(H,18,19). The minimum atomic E-state index is -0.104. The third-order valence-electron chi connectivity index (χ3n) is 3.44. The molecule has 21 heavy (non-hydrogen) atoms. The molecule has 0 aliphatic carbocycles. The normalized spacial score (nSPS) is 15.7. The summed E-state index contributed by atoms with van der Waals surface area (Å²) in [5.74, 6) is 0.605. The van der Waals surface area contributed by atoms with Crippen molar-refractivity contribution in [3.8, 4) is 5.75 Å². The summed E-state index contributed by atoms with van der Waals surface area (Å²) in [4.78, 5) is 12.0. The van der Waals surface area contributed by atoms with Crippen LogP contribution in [0.25, 0.3) is 0 Å². The molecule has 0 atom stereocenters. The number of carbonyl (C=O) groups is 1. The minimum Gasteiger partial charge on any atom is -0.496 e. The number of benzene rings is 1. The molecule has 0 spiro atoms. The van der Waals surface area contributed by atoms with Crippen LogP contribution in [0.2, 0.25) is 0 Å². The van der Waals surface area contributed by atoms with Gasteiger partial charge >= 0.3 is 0 Å². The molecular weight excluding hydrogens is 336 g/mol. The number of carbonyl (C=O) groups excluding carboxylic acids is 1. The first-order valence-electron chi connectivity index (χ1n) is 7.15. The zero-order chi connectivity index (χ0) is 15.1. The predicted octanol–water partition coefficient (Wildman–Crippen LogP) is 1.96. The van der Waals surface area contributed by atoms with Crippen LogP contribution >= 0.6 is 15.9 Å². The fraction of sp³-hybridized carbons (Fsp3) is 0.533. The SMILES string of the molecule is COc1ccc(C(=O)NCCOC2CCNCC2)cc1Br. The third kappa shape index (κ3) is 4.98. The molecule has 1 amide bonds. The molecule has 0 aromatic heterocycles. The number of halogens is 1. The van der Waals surface area contributed by atoms with E-state index in [1.165, 1.54) is 0 Å². The third-order valence-corrected chi connectivity index (χ3v) is 4.06. The predicted molar refractivity (Wildman–Crippen MR) is 84.9 cm³/mol. The number of methoxy groups -OCH3 is 1. The maximum absolute atomic E-state index is 12.0. The van der Waals surface area contributed by atoms with Gasteiger partial charge in [-0.05, 0) is 60.1 Å². The van der Waals surface area contributed by atoms with E-state index in [9.17, 15) is 4.79 Å². The number of amides is 1. The van der Waals surface area contributed by atoms with Gasteiger partial charge in [0.05, 0.1) is 24.3 Å². The van der Waals surface area contributed by atoms with Gasteiger partial charge in [0, 0.05) is 12.1 Å². The Hall–Kier alpha value is -1.11. The average Bonchev–Trinajstić information content (AvgIpc) is 2.52. The van der Waals surface area contributed by atoms with E-state index in [1.54, 1.807) is 25.3 Å². The Morgan fingerprint density at radius 2 is 2.19 bits per heavy atom. The summed E-state index contributed by atoms with van der Waals surface area (Å²) >= 11 is 3.37. The molecule has 1 aliphatic heterocycles. The van der Waals surface area contributed by atoms with Gasteiger partial charge in [-0.15, -0.1) is 0 Å². The molecule has 1 heterocycles. The van der Waals surface area contributed by atoms with E-state index in [2.05, 4.69) is 26.6 Å². The Labute approximate surface area is 133 Å². The topological polar surface area (TPSA) is 59.6 Å². The van der Waals surface area contributed by atoms with E-state index < -0.39 is 0 Å². The Bertz CT molecular complexity index is 476. The van der Waals surface area contributed by atoms with E-state index >= 15 is 0 Å². The second-order valence-corrected chi connectivity index (χ2v) is 5.78. The van der Waals surface area contributed by atoms with E-state index in [4.69, 9.17) is 9.47 Å². The molecular formula is C15H21BrN2O3. The summed E-state index contributed by atoms with van der Waals surface area (Å²) in [5, 5.41) is 6.16. The molecule has 116 valence electrons. The molecule has 0 bridgehead atoms. The lowest BCUT2D eigenvalue weighted by Gasteiger charge is -2.22. The molecule has 1 aromatic carbocycles. The summed E-state index contributed by atoms with van der Waals surface area (Å²) < 4.78 is 11.7. The minimum absolute atomic E-state index is 0.104. The maximum atomic E-state index is 12.0. The average molecular weight is 357 g/mol. The van der Waals surface area contributed by atoms with Crippen molar-refractivity contribution in [3.63, 3.8) is 0 Å². The van der Waals surface area contributed by atoms with Crippen molar-refractivity contribution in [1.82, 2.24) is 10.6 Å². The van der Waals surface area contributed by atoms with Crippen LogP contribution in [0.1, 0.15) is 23.2 Å². The van der Waals surface area contributed by atoms with Gasteiger partial charge < -0.3 is 20.1 Å². The molecule has 0 unspecified atom stereocenters. The lowest BCUT2D eigenvalue weighted by molar-refractivity contribution is 0.0343. The molecule has 1 fully saturated rings.